The molecule has 6 nitrogen and oxygen atoms in total. The number of hydrogen-bond donors (Lipinski definition) is 0. The zero-order chi connectivity index (χ0) is 21.4. The summed E-state index contributed by atoms with van der Waals surface area (Å²) in [6.07, 6.45) is 9.64. The van der Waals surface area contributed by atoms with Gasteiger partial charge in [-0.1, -0.05) is 47.1 Å². The number of nitrogens with zero attached hydrogens (tertiary/aromatic N) is 4. The minimum Gasteiger partial charge on any atom is -0.495 e. The van der Waals surface area contributed by atoms with Gasteiger partial charge in [-0.05, 0) is 43.2 Å². The van der Waals surface area contributed by atoms with Crippen LogP contribution < -0.4 is 4.74 Å². The highest BCUT2D eigenvalue weighted by molar-refractivity contribution is 6.31. The number of aromatic nitrogens is 2. The molecule has 0 aliphatic carbocycles. The molecule has 2 aliphatic heterocycles. The Morgan fingerprint density at radius 2 is 2.06 bits per heavy atom. The van der Waals surface area contributed by atoms with Crippen LogP contribution >= 0.6 is 11.6 Å². The van der Waals surface area contributed by atoms with Gasteiger partial charge >= 0.3 is 0 Å². The van der Waals surface area contributed by atoms with Crippen LogP contribution in [0.1, 0.15) is 29.7 Å². The summed E-state index contributed by atoms with van der Waals surface area (Å²) in [4.78, 5) is 12.5. The maximum Gasteiger partial charge on any atom is 0.238 e. The number of benzene rings is 2. The predicted octanol–water partition coefficient (Wildman–Crippen LogP) is 5.15. The normalized spacial score (nSPS) is 20.1. The highest BCUT2D eigenvalue weighted by Gasteiger charge is 2.51. The monoisotopic (exact) mass is 434 g/mol. The van der Waals surface area contributed by atoms with E-state index in [9.17, 15) is 0 Å². The predicted molar refractivity (Wildman–Crippen MR) is 121 cm³/mol. The van der Waals surface area contributed by atoms with Crippen molar-refractivity contribution in [2.24, 2.45) is 5.16 Å². The molecule has 0 saturated carbocycles. The summed E-state index contributed by atoms with van der Waals surface area (Å²) in [5.41, 5.74) is 3.26. The van der Waals surface area contributed by atoms with E-state index in [0.717, 1.165) is 53.5 Å². The molecule has 3 heterocycles. The Morgan fingerprint density at radius 1 is 1.19 bits per heavy atom. The van der Waals surface area contributed by atoms with Crippen LogP contribution in [-0.4, -0.2) is 33.9 Å². The molecule has 0 N–H and O–H groups in total. The second-order valence-electron chi connectivity index (χ2n) is 7.75. The van der Waals surface area contributed by atoms with Crippen LogP contribution in [0.15, 0.2) is 66.2 Å². The van der Waals surface area contributed by atoms with E-state index in [-0.39, 0.29) is 0 Å². The van der Waals surface area contributed by atoms with Crippen molar-refractivity contribution in [3.05, 3.63) is 82.9 Å². The average Bonchev–Trinajstić information content (AvgIpc) is 3.48. The molecule has 1 fully saturated rings. The summed E-state index contributed by atoms with van der Waals surface area (Å²) in [6.45, 7) is 2.84. The summed E-state index contributed by atoms with van der Waals surface area (Å²) in [5, 5.41) is 5.09. The van der Waals surface area contributed by atoms with Gasteiger partial charge in [-0.3, -0.25) is 0 Å². The van der Waals surface area contributed by atoms with Crippen molar-refractivity contribution in [1.29, 1.82) is 0 Å². The molecule has 0 bridgehead atoms. The van der Waals surface area contributed by atoms with E-state index in [4.69, 9.17) is 21.2 Å². The van der Waals surface area contributed by atoms with Crippen molar-refractivity contribution in [2.45, 2.75) is 25.5 Å². The van der Waals surface area contributed by atoms with Crippen LogP contribution in [0, 0.1) is 6.92 Å². The van der Waals surface area contributed by atoms with Gasteiger partial charge in [-0.15, -0.1) is 0 Å². The van der Waals surface area contributed by atoms with Gasteiger partial charge in [-0.25, -0.2) is 4.98 Å². The van der Waals surface area contributed by atoms with Crippen molar-refractivity contribution >= 4 is 23.5 Å². The molecular weight excluding hydrogens is 412 g/mol. The maximum absolute atomic E-state index is 6.49. The van der Waals surface area contributed by atoms with Crippen molar-refractivity contribution < 1.29 is 9.57 Å². The lowest BCUT2D eigenvalue weighted by atomic mass is 10.00. The topological polar surface area (TPSA) is 51.9 Å². The molecule has 7 heteroatoms. The van der Waals surface area contributed by atoms with Gasteiger partial charge in [0.2, 0.25) is 5.72 Å². The highest BCUT2D eigenvalue weighted by atomic mass is 35.5. The SMILES string of the molecule is COc1cc(/C=C/C2=NOC3(c4ccccc4Cl)CCCN23)ccc1-n1cnc(C)c1. The standard InChI is InChI=1S/C24H23ClN4O2/c1-17-15-28(16-26-17)21-10-8-18(14-22(21)30-2)9-11-23-27-31-24(12-5-13-29(23)24)19-6-3-4-7-20(19)25/h3-4,6-11,14-16H,5,12-13H2,1-2H3/b11-9+. The zero-order valence-electron chi connectivity index (χ0n) is 17.5. The number of hydrogen-bond acceptors (Lipinski definition) is 5. The minimum absolute atomic E-state index is 0.612. The molecule has 0 radical (unpaired) electrons. The van der Waals surface area contributed by atoms with Crippen LogP contribution in [0.25, 0.3) is 11.8 Å². The molecule has 0 spiro atoms. The van der Waals surface area contributed by atoms with Gasteiger partial charge in [0.05, 0.1) is 24.8 Å². The molecule has 1 atom stereocenters. The summed E-state index contributed by atoms with van der Waals surface area (Å²) >= 11 is 6.49. The number of imidazole rings is 1. The first-order valence-corrected chi connectivity index (χ1v) is 10.6. The highest BCUT2D eigenvalue weighted by Crippen LogP contribution is 2.46. The number of amidine groups is 1. The molecule has 1 aromatic heterocycles. The lowest BCUT2D eigenvalue weighted by Gasteiger charge is -2.31. The molecule has 3 aromatic rings. The fourth-order valence-corrected chi connectivity index (χ4v) is 4.60. The third-order valence-electron chi connectivity index (χ3n) is 5.81. The Labute approximate surface area is 186 Å². The first-order chi connectivity index (χ1) is 15.1. The minimum atomic E-state index is -0.612. The number of fused-ring (bicyclic) bond motifs is 1. The van der Waals surface area contributed by atoms with Crippen molar-refractivity contribution in [3.8, 4) is 11.4 Å². The fraction of sp³-hybridized carbons (Fsp3) is 0.250. The van der Waals surface area contributed by atoms with Crippen molar-refractivity contribution in [3.63, 3.8) is 0 Å². The van der Waals surface area contributed by atoms with Gasteiger partial charge < -0.3 is 19.0 Å². The maximum atomic E-state index is 6.49. The van der Waals surface area contributed by atoms with Crippen LogP contribution in [0.3, 0.4) is 0 Å². The second-order valence-corrected chi connectivity index (χ2v) is 8.15. The Bertz CT molecular complexity index is 1190. The molecule has 2 aliphatic rings. The Kier molecular flexibility index (Phi) is 4.94. The third-order valence-corrected chi connectivity index (χ3v) is 6.14. The molecule has 1 saturated heterocycles. The van der Waals surface area contributed by atoms with Crippen LogP contribution in [-0.2, 0) is 10.6 Å². The van der Waals surface area contributed by atoms with E-state index < -0.39 is 5.72 Å². The fourth-order valence-electron chi connectivity index (χ4n) is 4.32. The quantitative estimate of drug-likeness (QED) is 0.557. The number of oxime groups is 1. The Morgan fingerprint density at radius 3 is 2.84 bits per heavy atom. The number of aryl methyl sites for hydroxylation is 1. The molecule has 31 heavy (non-hydrogen) atoms. The average molecular weight is 435 g/mol. The van der Waals surface area contributed by atoms with Gasteiger partial charge in [0, 0.05) is 29.7 Å². The molecule has 0 amide bonds. The number of rotatable bonds is 5. The van der Waals surface area contributed by atoms with Crippen molar-refractivity contribution in [2.75, 3.05) is 13.7 Å². The first-order valence-electron chi connectivity index (χ1n) is 10.3. The first kappa shape index (κ1) is 19.7. The van der Waals surface area contributed by atoms with Crippen molar-refractivity contribution in [1.82, 2.24) is 14.5 Å². The Hall–Kier alpha value is -3.25. The van der Waals surface area contributed by atoms with Crippen LogP contribution in [0.4, 0.5) is 0 Å². The summed E-state index contributed by atoms with van der Waals surface area (Å²) in [5.74, 6) is 1.57. The molecule has 158 valence electrons. The van der Waals surface area contributed by atoms with Gasteiger partial charge in [0.1, 0.15) is 5.75 Å². The van der Waals surface area contributed by atoms with E-state index in [1.54, 1.807) is 13.4 Å². The summed E-state index contributed by atoms with van der Waals surface area (Å²) < 4.78 is 7.57. The number of ether oxygens (including phenoxy) is 1. The molecule has 2 aromatic carbocycles. The van der Waals surface area contributed by atoms with E-state index in [0.29, 0.717) is 5.02 Å². The lowest BCUT2D eigenvalue weighted by molar-refractivity contribution is -0.0846. The third kappa shape index (κ3) is 3.37. The number of methoxy groups -OCH3 is 1. The number of halogens is 1. The van der Waals surface area contributed by atoms with E-state index in [1.165, 1.54) is 0 Å². The molecule has 1 unspecified atom stereocenters. The van der Waals surface area contributed by atoms with E-state index >= 15 is 0 Å². The van der Waals surface area contributed by atoms with Gasteiger partial charge in [0.15, 0.2) is 5.84 Å². The Balaban J connectivity index is 1.41. The van der Waals surface area contributed by atoms with Crippen LogP contribution in [0.2, 0.25) is 5.02 Å². The van der Waals surface area contributed by atoms with Gasteiger partial charge in [-0.2, -0.15) is 0 Å². The van der Waals surface area contributed by atoms with Crippen LogP contribution in [0.5, 0.6) is 5.75 Å². The van der Waals surface area contributed by atoms with E-state index in [2.05, 4.69) is 15.0 Å². The van der Waals surface area contributed by atoms with Gasteiger partial charge in [0.25, 0.3) is 0 Å². The molecular formula is C24H23ClN4O2. The largest absolute Gasteiger partial charge is 0.495 e. The summed E-state index contributed by atoms with van der Waals surface area (Å²) in [7, 11) is 1.67. The lowest BCUT2D eigenvalue weighted by Crippen LogP contribution is -2.40. The van der Waals surface area contributed by atoms with E-state index in [1.807, 2.05) is 72.3 Å². The smallest absolute Gasteiger partial charge is 0.238 e. The summed E-state index contributed by atoms with van der Waals surface area (Å²) in [6, 6.07) is 13.9. The zero-order valence-corrected chi connectivity index (χ0v) is 18.2. The molecule has 5 rings (SSSR count). The second kappa shape index (κ2) is 7.78.